The van der Waals surface area contributed by atoms with Crippen molar-refractivity contribution in [3.8, 4) is 11.4 Å². The molecule has 1 saturated carbocycles. The van der Waals surface area contributed by atoms with E-state index in [1.54, 1.807) is 24.3 Å². The van der Waals surface area contributed by atoms with Crippen molar-refractivity contribution in [1.82, 2.24) is 30.4 Å². The Labute approximate surface area is 234 Å². The summed E-state index contributed by atoms with van der Waals surface area (Å²) in [5.41, 5.74) is 0.894. The second-order valence-electron chi connectivity index (χ2n) is 9.50. The summed E-state index contributed by atoms with van der Waals surface area (Å²) in [4.78, 5) is 31.0. The average molecular weight is 567 g/mol. The van der Waals surface area contributed by atoms with Gasteiger partial charge in [0.1, 0.15) is 18.4 Å². The standard InChI is InChI=1S/C28H28ClFN6O2S/c29-22-13-6-4-9-19(22)17-35(25(37)18-36-33-27(32-34-36)21-12-5-7-14-23(21)30)26(24-15-8-16-39-24)28(38)31-20-10-2-1-3-11-20/h4-9,12-16,20,26H,1-3,10-11,17-18H2,(H,31,38)/t26-/m1/s1. The Hall–Kier alpha value is -3.63. The van der Waals surface area contributed by atoms with Crippen LogP contribution in [0.2, 0.25) is 5.02 Å². The molecule has 1 aliphatic rings. The SMILES string of the molecule is O=C(NC1CCCCC1)[C@@H](c1cccs1)N(Cc1ccccc1Cl)C(=O)Cn1nnc(-c2ccccc2F)n1. The van der Waals surface area contributed by atoms with Crippen LogP contribution in [0.1, 0.15) is 48.6 Å². The maximum absolute atomic E-state index is 14.3. The molecule has 4 aromatic rings. The fourth-order valence-electron chi connectivity index (χ4n) is 4.80. The number of hydrogen-bond acceptors (Lipinski definition) is 6. The van der Waals surface area contributed by atoms with E-state index >= 15 is 0 Å². The number of amides is 2. The zero-order valence-corrected chi connectivity index (χ0v) is 22.7. The van der Waals surface area contributed by atoms with Crippen molar-refractivity contribution in [2.24, 2.45) is 0 Å². The van der Waals surface area contributed by atoms with Gasteiger partial charge >= 0.3 is 0 Å². The first-order valence-electron chi connectivity index (χ1n) is 12.9. The molecule has 1 N–H and O–H groups in total. The van der Waals surface area contributed by atoms with Crippen molar-refractivity contribution < 1.29 is 14.0 Å². The van der Waals surface area contributed by atoms with E-state index in [1.807, 2.05) is 35.7 Å². The van der Waals surface area contributed by atoms with Gasteiger partial charge < -0.3 is 10.2 Å². The number of halogens is 2. The Morgan fingerprint density at radius 2 is 1.85 bits per heavy atom. The van der Waals surface area contributed by atoms with E-state index in [9.17, 15) is 14.0 Å². The Kier molecular flexibility index (Phi) is 8.63. The molecule has 39 heavy (non-hydrogen) atoms. The van der Waals surface area contributed by atoms with Gasteiger partial charge in [0.15, 0.2) is 0 Å². The second-order valence-corrected chi connectivity index (χ2v) is 10.9. The lowest BCUT2D eigenvalue weighted by molar-refractivity contribution is -0.142. The number of benzene rings is 2. The normalized spacial score (nSPS) is 14.6. The topological polar surface area (TPSA) is 93.0 Å². The minimum atomic E-state index is -0.870. The summed E-state index contributed by atoms with van der Waals surface area (Å²) in [6, 6.07) is 16.3. The van der Waals surface area contributed by atoms with Crippen LogP contribution in [0.15, 0.2) is 66.0 Å². The van der Waals surface area contributed by atoms with Gasteiger partial charge in [0, 0.05) is 22.5 Å². The van der Waals surface area contributed by atoms with Crippen molar-refractivity contribution >= 4 is 34.8 Å². The summed E-state index contributed by atoms with van der Waals surface area (Å²) >= 11 is 7.88. The van der Waals surface area contributed by atoms with Gasteiger partial charge in [0.05, 0.1) is 5.56 Å². The summed E-state index contributed by atoms with van der Waals surface area (Å²) in [5.74, 6) is -1.04. The van der Waals surface area contributed by atoms with Crippen molar-refractivity contribution in [2.75, 3.05) is 0 Å². The fraction of sp³-hybridized carbons (Fsp3) is 0.321. The van der Waals surface area contributed by atoms with Crippen LogP contribution in [0, 0.1) is 5.82 Å². The molecule has 202 valence electrons. The third-order valence-electron chi connectivity index (χ3n) is 6.79. The Balaban J connectivity index is 1.45. The number of rotatable bonds is 9. The number of carbonyl (C=O) groups is 2. The Bertz CT molecular complexity index is 1420. The third kappa shape index (κ3) is 6.51. The molecule has 2 aromatic heterocycles. The van der Waals surface area contributed by atoms with Gasteiger partial charge in [-0.15, -0.1) is 21.5 Å². The first-order valence-corrected chi connectivity index (χ1v) is 14.1. The maximum atomic E-state index is 14.3. The summed E-state index contributed by atoms with van der Waals surface area (Å²) < 4.78 is 14.3. The minimum Gasteiger partial charge on any atom is -0.351 e. The first-order chi connectivity index (χ1) is 19.0. The highest BCUT2D eigenvalue weighted by atomic mass is 35.5. The van der Waals surface area contributed by atoms with Gasteiger partial charge in [-0.3, -0.25) is 9.59 Å². The van der Waals surface area contributed by atoms with Gasteiger partial charge in [-0.2, -0.15) is 4.80 Å². The third-order valence-corrected chi connectivity index (χ3v) is 8.08. The quantitative estimate of drug-likeness (QED) is 0.292. The highest BCUT2D eigenvalue weighted by Gasteiger charge is 2.34. The van der Waals surface area contributed by atoms with Crippen molar-refractivity contribution in [2.45, 2.75) is 57.3 Å². The molecular weight excluding hydrogens is 539 g/mol. The molecule has 1 atom stereocenters. The molecule has 0 unspecified atom stereocenters. The van der Waals surface area contributed by atoms with Crippen LogP contribution >= 0.6 is 22.9 Å². The molecule has 2 amide bonds. The van der Waals surface area contributed by atoms with Gasteiger partial charge in [0.2, 0.25) is 17.6 Å². The lowest BCUT2D eigenvalue weighted by Gasteiger charge is -2.32. The van der Waals surface area contributed by atoms with E-state index in [2.05, 4.69) is 20.7 Å². The monoisotopic (exact) mass is 566 g/mol. The molecule has 0 aliphatic heterocycles. The summed E-state index contributed by atoms with van der Waals surface area (Å²) in [6.45, 7) is -0.182. The molecule has 2 heterocycles. The van der Waals surface area contributed by atoms with Crippen LogP contribution in [-0.2, 0) is 22.7 Å². The Morgan fingerprint density at radius 1 is 1.08 bits per heavy atom. The van der Waals surface area contributed by atoms with Gasteiger partial charge in [0.25, 0.3) is 0 Å². The van der Waals surface area contributed by atoms with Crippen LogP contribution < -0.4 is 5.32 Å². The van der Waals surface area contributed by atoms with E-state index in [0.29, 0.717) is 10.6 Å². The molecule has 1 aliphatic carbocycles. The van der Waals surface area contributed by atoms with Crippen molar-refractivity contribution in [3.63, 3.8) is 0 Å². The molecule has 0 bridgehead atoms. The number of nitrogens with zero attached hydrogens (tertiary/aromatic N) is 5. The van der Waals surface area contributed by atoms with Crippen LogP contribution in [0.25, 0.3) is 11.4 Å². The van der Waals surface area contributed by atoms with Gasteiger partial charge in [-0.05, 0) is 53.3 Å². The Morgan fingerprint density at radius 3 is 2.59 bits per heavy atom. The molecule has 2 aromatic carbocycles. The predicted octanol–water partition coefficient (Wildman–Crippen LogP) is 5.41. The first kappa shape index (κ1) is 27.0. The number of carbonyl (C=O) groups excluding carboxylic acids is 2. The van der Waals surface area contributed by atoms with Crippen molar-refractivity contribution in [1.29, 1.82) is 0 Å². The summed E-state index contributed by atoms with van der Waals surface area (Å²) in [5, 5.41) is 17.7. The molecule has 11 heteroatoms. The summed E-state index contributed by atoms with van der Waals surface area (Å²) in [6.07, 6.45) is 5.14. The molecule has 0 saturated heterocycles. The van der Waals surface area contributed by atoms with Gasteiger partial charge in [-0.25, -0.2) is 4.39 Å². The number of thiophene rings is 1. The second kappa shape index (κ2) is 12.5. The fourth-order valence-corrected chi connectivity index (χ4v) is 5.83. The lowest BCUT2D eigenvalue weighted by atomic mass is 9.95. The molecular formula is C28H28ClFN6O2S. The number of nitrogens with one attached hydrogen (secondary N) is 1. The number of tetrazole rings is 1. The smallest absolute Gasteiger partial charge is 0.248 e. The van der Waals surface area contributed by atoms with E-state index in [4.69, 9.17) is 11.6 Å². The molecule has 0 spiro atoms. The van der Waals surface area contributed by atoms with E-state index in [1.165, 1.54) is 22.3 Å². The molecule has 0 radical (unpaired) electrons. The van der Waals surface area contributed by atoms with Crippen LogP contribution in [-0.4, -0.2) is 43.0 Å². The van der Waals surface area contributed by atoms with E-state index in [-0.39, 0.29) is 36.4 Å². The van der Waals surface area contributed by atoms with Crippen LogP contribution in [0.3, 0.4) is 0 Å². The van der Waals surface area contributed by atoms with Crippen molar-refractivity contribution in [3.05, 3.63) is 87.3 Å². The maximum Gasteiger partial charge on any atom is 0.248 e. The predicted molar refractivity (Wildman–Crippen MR) is 147 cm³/mol. The zero-order valence-electron chi connectivity index (χ0n) is 21.2. The largest absolute Gasteiger partial charge is 0.351 e. The molecule has 1 fully saturated rings. The lowest BCUT2D eigenvalue weighted by Crippen LogP contribution is -2.47. The summed E-state index contributed by atoms with van der Waals surface area (Å²) in [7, 11) is 0. The highest BCUT2D eigenvalue weighted by molar-refractivity contribution is 7.10. The average Bonchev–Trinajstić information content (AvgIpc) is 3.63. The number of hydrogen-bond donors (Lipinski definition) is 1. The molecule has 8 nitrogen and oxygen atoms in total. The zero-order chi connectivity index (χ0) is 27.2. The van der Waals surface area contributed by atoms with Crippen LogP contribution in [0.5, 0.6) is 0 Å². The van der Waals surface area contributed by atoms with E-state index in [0.717, 1.165) is 41.8 Å². The van der Waals surface area contributed by atoms with Gasteiger partial charge in [-0.1, -0.05) is 67.3 Å². The van der Waals surface area contributed by atoms with E-state index < -0.39 is 17.8 Å². The van der Waals surface area contributed by atoms with Crippen LogP contribution in [0.4, 0.5) is 4.39 Å². The molecule has 5 rings (SSSR count). The minimum absolute atomic E-state index is 0.0726. The highest BCUT2D eigenvalue weighted by Crippen LogP contribution is 2.30. The number of aromatic nitrogens is 4.